The van der Waals surface area contributed by atoms with Crippen LogP contribution in [0.15, 0.2) is 69.6 Å². The zero-order chi connectivity index (χ0) is 18.6. The highest BCUT2D eigenvalue weighted by molar-refractivity contribution is 8.07. The number of ether oxygens (including phenoxy) is 2. The number of thioether (sulfide) groups is 1. The lowest BCUT2D eigenvalue weighted by atomic mass is 9.91. The molecular formula is C24H30O2S. The molecule has 0 radical (unpaired) electrons. The fourth-order valence-electron chi connectivity index (χ4n) is 4.37. The fraction of sp³-hybridized carbons (Fsp3) is 0.500. The molecule has 0 bridgehead atoms. The molecule has 4 rings (SSSR count). The highest BCUT2D eigenvalue weighted by Gasteiger charge is 2.28. The minimum absolute atomic E-state index is 0.199. The van der Waals surface area contributed by atoms with Gasteiger partial charge in [0.1, 0.15) is 0 Å². The molecule has 0 amide bonds. The van der Waals surface area contributed by atoms with E-state index in [1.807, 2.05) is 11.8 Å². The Kier molecular flexibility index (Phi) is 6.21. The molecule has 0 spiro atoms. The Balaban J connectivity index is 1.67. The lowest BCUT2D eigenvalue weighted by Gasteiger charge is -2.32. The van der Waals surface area contributed by atoms with Crippen LogP contribution in [0.2, 0.25) is 0 Å². The van der Waals surface area contributed by atoms with E-state index in [0.717, 1.165) is 38.9 Å². The second kappa shape index (κ2) is 8.81. The minimum atomic E-state index is 0.199. The third-order valence-corrected chi connectivity index (χ3v) is 6.93. The molecule has 0 saturated carbocycles. The molecule has 2 nitrogen and oxygen atoms in total. The first kappa shape index (κ1) is 19.0. The SMILES string of the molecule is C=C1CC=CC(SC2=C(C3CCCCO3)C(=C)CC=C2)=C1C1CCCCO1. The van der Waals surface area contributed by atoms with Crippen molar-refractivity contribution in [3.05, 3.63) is 69.6 Å². The van der Waals surface area contributed by atoms with Gasteiger partial charge in [0, 0.05) is 23.0 Å². The summed E-state index contributed by atoms with van der Waals surface area (Å²) in [6.45, 7) is 10.4. The van der Waals surface area contributed by atoms with Crippen molar-refractivity contribution < 1.29 is 9.47 Å². The number of allylic oxidation sites excluding steroid dienone is 4. The lowest BCUT2D eigenvalue weighted by Crippen LogP contribution is -2.24. The van der Waals surface area contributed by atoms with Gasteiger partial charge in [-0.25, -0.2) is 0 Å². The van der Waals surface area contributed by atoms with Crippen molar-refractivity contribution in [1.29, 1.82) is 0 Å². The summed E-state index contributed by atoms with van der Waals surface area (Å²) >= 11 is 1.86. The quantitative estimate of drug-likeness (QED) is 0.560. The van der Waals surface area contributed by atoms with Crippen LogP contribution in [-0.2, 0) is 9.47 Å². The summed E-state index contributed by atoms with van der Waals surface area (Å²) in [6, 6.07) is 0. The van der Waals surface area contributed by atoms with E-state index in [9.17, 15) is 0 Å². The van der Waals surface area contributed by atoms with Crippen molar-refractivity contribution in [2.24, 2.45) is 0 Å². The summed E-state index contributed by atoms with van der Waals surface area (Å²) in [5.74, 6) is 0. The molecular weight excluding hydrogens is 352 g/mol. The molecule has 2 unspecified atom stereocenters. The van der Waals surface area contributed by atoms with Crippen molar-refractivity contribution in [1.82, 2.24) is 0 Å². The van der Waals surface area contributed by atoms with E-state index in [0.29, 0.717) is 0 Å². The van der Waals surface area contributed by atoms with Gasteiger partial charge in [0.15, 0.2) is 0 Å². The molecule has 2 fully saturated rings. The molecule has 144 valence electrons. The van der Waals surface area contributed by atoms with Crippen LogP contribution >= 0.6 is 11.8 Å². The Labute approximate surface area is 167 Å². The Morgan fingerprint density at radius 3 is 1.63 bits per heavy atom. The van der Waals surface area contributed by atoms with Gasteiger partial charge in [-0.2, -0.15) is 0 Å². The predicted octanol–water partition coefficient (Wildman–Crippen LogP) is 6.40. The number of hydrogen-bond acceptors (Lipinski definition) is 3. The highest BCUT2D eigenvalue weighted by atomic mass is 32.2. The molecule has 4 aliphatic rings. The normalized spacial score (nSPS) is 29.6. The van der Waals surface area contributed by atoms with Crippen molar-refractivity contribution in [3.8, 4) is 0 Å². The van der Waals surface area contributed by atoms with Crippen LogP contribution in [0.5, 0.6) is 0 Å². The molecule has 2 heterocycles. The van der Waals surface area contributed by atoms with Gasteiger partial charge in [0.2, 0.25) is 0 Å². The first-order chi connectivity index (χ1) is 13.2. The maximum absolute atomic E-state index is 6.13. The monoisotopic (exact) mass is 382 g/mol. The Morgan fingerprint density at radius 1 is 0.741 bits per heavy atom. The van der Waals surface area contributed by atoms with E-state index in [1.165, 1.54) is 57.8 Å². The predicted molar refractivity (Wildman–Crippen MR) is 115 cm³/mol. The molecule has 0 aromatic rings. The maximum Gasteiger partial charge on any atom is 0.0838 e. The second-order valence-electron chi connectivity index (χ2n) is 7.79. The topological polar surface area (TPSA) is 18.5 Å². The molecule has 0 aromatic heterocycles. The van der Waals surface area contributed by atoms with Crippen molar-refractivity contribution in [2.75, 3.05) is 13.2 Å². The molecule has 27 heavy (non-hydrogen) atoms. The van der Waals surface area contributed by atoms with E-state index in [-0.39, 0.29) is 12.2 Å². The first-order valence-corrected chi connectivity index (χ1v) is 11.1. The van der Waals surface area contributed by atoms with E-state index in [4.69, 9.17) is 9.47 Å². The van der Waals surface area contributed by atoms with Gasteiger partial charge in [-0.15, -0.1) is 0 Å². The molecule has 0 aromatic carbocycles. The van der Waals surface area contributed by atoms with Crippen molar-refractivity contribution >= 4 is 11.8 Å². The van der Waals surface area contributed by atoms with Gasteiger partial charge in [-0.05, 0) is 73.7 Å². The smallest absolute Gasteiger partial charge is 0.0838 e. The Morgan fingerprint density at radius 2 is 1.22 bits per heavy atom. The van der Waals surface area contributed by atoms with Crippen LogP contribution in [0, 0.1) is 0 Å². The summed E-state index contributed by atoms with van der Waals surface area (Å²) in [6.07, 6.45) is 18.3. The standard InChI is InChI=1S/C24H30O2S/c1-17-9-7-13-21(23(17)19-11-3-5-15-25-19)27-22-14-8-10-18(2)24(22)20-12-4-6-16-26-20/h7-8,13-14,19-20H,1-6,9-12,15-16H2. The van der Waals surface area contributed by atoms with Crippen LogP contribution in [0.3, 0.4) is 0 Å². The van der Waals surface area contributed by atoms with Crippen LogP contribution in [0.25, 0.3) is 0 Å². The van der Waals surface area contributed by atoms with Crippen LogP contribution in [-0.4, -0.2) is 25.4 Å². The van der Waals surface area contributed by atoms with Crippen LogP contribution in [0.1, 0.15) is 51.4 Å². The molecule has 2 atom stereocenters. The molecule has 2 saturated heterocycles. The third kappa shape index (κ3) is 4.26. The zero-order valence-corrected chi connectivity index (χ0v) is 17.0. The van der Waals surface area contributed by atoms with Crippen LogP contribution < -0.4 is 0 Å². The average Bonchev–Trinajstić information content (AvgIpc) is 2.70. The minimum Gasteiger partial charge on any atom is -0.373 e. The lowest BCUT2D eigenvalue weighted by molar-refractivity contribution is 0.0403. The van der Waals surface area contributed by atoms with Gasteiger partial charge >= 0.3 is 0 Å². The van der Waals surface area contributed by atoms with Crippen LogP contribution in [0.4, 0.5) is 0 Å². The number of rotatable bonds is 4. The van der Waals surface area contributed by atoms with Crippen molar-refractivity contribution in [3.63, 3.8) is 0 Å². The molecule has 0 N–H and O–H groups in total. The van der Waals surface area contributed by atoms with Gasteiger partial charge in [0.25, 0.3) is 0 Å². The third-order valence-electron chi connectivity index (χ3n) is 5.78. The summed E-state index contributed by atoms with van der Waals surface area (Å²) in [5, 5.41) is 0. The molecule has 3 heteroatoms. The molecule has 2 aliphatic carbocycles. The van der Waals surface area contributed by atoms with Gasteiger partial charge in [0.05, 0.1) is 12.2 Å². The summed E-state index contributed by atoms with van der Waals surface area (Å²) < 4.78 is 12.3. The number of hydrogen-bond donors (Lipinski definition) is 0. The van der Waals surface area contributed by atoms with Gasteiger partial charge in [-0.1, -0.05) is 49.2 Å². The summed E-state index contributed by atoms with van der Waals surface area (Å²) in [7, 11) is 0. The average molecular weight is 383 g/mol. The highest BCUT2D eigenvalue weighted by Crippen LogP contribution is 2.44. The maximum atomic E-state index is 6.13. The van der Waals surface area contributed by atoms with E-state index < -0.39 is 0 Å². The zero-order valence-electron chi connectivity index (χ0n) is 16.2. The second-order valence-corrected chi connectivity index (χ2v) is 8.87. The first-order valence-electron chi connectivity index (χ1n) is 10.3. The van der Waals surface area contributed by atoms with Crippen molar-refractivity contribution in [2.45, 2.75) is 63.6 Å². The Bertz CT molecular complexity index is 663. The van der Waals surface area contributed by atoms with E-state index >= 15 is 0 Å². The fourth-order valence-corrected chi connectivity index (χ4v) is 5.71. The molecule has 2 aliphatic heterocycles. The summed E-state index contributed by atoms with van der Waals surface area (Å²) in [5.41, 5.74) is 5.06. The van der Waals surface area contributed by atoms with Gasteiger partial charge < -0.3 is 9.47 Å². The van der Waals surface area contributed by atoms with E-state index in [2.05, 4.69) is 37.5 Å². The van der Waals surface area contributed by atoms with Gasteiger partial charge in [-0.3, -0.25) is 0 Å². The largest absolute Gasteiger partial charge is 0.373 e. The Hall–Kier alpha value is -1.29. The summed E-state index contributed by atoms with van der Waals surface area (Å²) in [4.78, 5) is 2.58. The van der Waals surface area contributed by atoms with E-state index in [1.54, 1.807) is 0 Å².